The zero-order chi connectivity index (χ0) is 13.4. The summed E-state index contributed by atoms with van der Waals surface area (Å²) < 4.78 is 26.7. The van der Waals surface area contributed by atoms with Crippen LogP contribution in [0, 0.1) is 11.6 Å². The summed E-state index contributed by atoms with van der Waals surface area (Å²) >= 11 is 1.41. The molecule has 98 valence electrons. The highest BCUT2D eigenvalue weighted by Gasteiger charge is 2.20. The summed E-state index contributed by atoms with van der Waals surface area (Å²) in [7, 11) is 0. The molecule has 0 saturated heterocycles. The van der Waals surface area contributed by atoms with Crippen LogP contribution in [0.3, 0.4) is 0 Å². The van der Waals surface area contributed by atoms with Gasteiger partial charge in [0.05, 0.1) is 10.4 Å². The molecule has 0 bridgehead atoms. The smallest absolute Gasteiger partial charge is 0.206 e. The maximum absolute atomic E-state index is 13.6. The van der Waals surface area contributed by atoms with Gasteiger partial charge in [-0.1, -0.05) is 0 Å². The molecule has 2 aromatic rings. The van der Waals surface area contributed by atoms with Crippen LogP contribution in [0.5, 0.6) is 0 Å². The second-order valence-electron chi connectivity index (χ2n) is 4.72. The van der Waals surface area contributed by atoms with E-state index in [-0.39, 0.29) is 5.56 Å². The topological polar surface area (TPSA) is 17.1 Å². The number of halogens is 2. The van der Waals surface area contributed by atoms with Gasteiger partial charge >= 0.3 is 0 Å². The van der Waals surface area contributed by atoms with Crippen molar-refractivity contribution in [2.75, 3.05) is 0 Å². The van der Waals surface area contributed by atoms with Crippen molar-refractivity contribution in [1.29, 1.82) is 0 Å². The van der Waals surface area contributed by atoms with E-state index in [1.165, 1.54) is 21.8 Å². The molecule has 1 nitrogen and oxygen atoms in total. The number of hydrogen-bond donors (Lipinski definition) is 0. The molecular formula is C15H12F2OS. The molecule has 0 radical (unpaired) electrons. The van der Waals surface area contributed by atoms with E-state index in [9.17, 15) is 13.6 Å². The molecule has 0 aliphatic heterocycles. The lowest BCUT2D eigenvalue weighted by molar-refractivity contribution is 0.103. The number of ketones is 1. The van der Waals surface area contributed by atoms with Crippen LogP contribution in [0.25, 0.3) is 0 Å². The average Bonchev–Trinajstić information content (AvgIpc) is 2.84. The van der Waals surface area contributed by atoms with Gasteiger partial charge in [0.15, 0.2) is 0 Å². The molecule has 0 amide bonds. The van der Waals surface area contributed by atoms with Crippen molar-refractivity contribution in [3.8, 4) is 0 Å². The molecule has 4 heteroatoms. The first-order valence-electron chi connectivity index (χ1n) is 6.26. The highest BCUT2D eigenvalue weighted by atomic mass is 32.1. The fourth-order valence-electron chi connectivity index (χ4n) is 2.41. The van der Waals surface area contributed by atoms with Crippen molar-refractivity contribution in [1.82, 2.24) is 0 Å². The van der Waals surface area contributed by atoms with E-state index >= 15 is 0 Å². The molecule has 1 aromatic heterocycles. The largest absolute Gasteiger partial charge is 0.288 e. The number of rotatable bonds is 2. The van der Waals surface area contributed by atoms with Gasteiger partial charge in [-0.25, -0.2) is 8.78 Å². The maximum Gasteiger partial charge on any atom is 0.206 e. The highest BCUT2D eigenvalue weighted by molar-refractivity contribution is 7.14. The van der Waals surface area contributed by atoms with E-state index < -0.39 is 17.4 Å². The third kappa shape index (κ3) is 2.32. The monoisotopic (exact) mass is 278 g/mol. The van der Waals surface area contributed by atoms with Gasteiger partial charge in [0.2, 0.25) is 5.78 Å². The molecule has 0 N–H and O–H groups in total. The van der Waals surface area contributed by atoms with Crippen LogP contribution in [0.4, 0.5) is 8.78 Å². The second kappa shape index (κ2) is 4.85. The normalized spacial score (nSPS) is 14.2. The number of aryl methyl sites for hydroxylation is 2. The van der Waals surface area contributed by atoms with Gasteiger partial charge in [-0.2, -0.15) is 0 Å². The molecule has 0 fully saturated rings. The molecule has 0 atom stereocenters. The average molecular weight is 278 g/mol. The number of benzene rings is 1. The summed E-state index contributed by atoms with van der Waals surface area (Å²) in [6.45, 7) is 0. The van der Waals surface area contributed by atoms with Crippen LogP contribution in [0.1, 0.15) is 38.5 Å². The summed E-state index contributed by atoms with van der Waals surface area (Å²) in [5.41, 5.74) is 1.01. The summed E-state index contributed by atoms with van der Waals surface area (Å²) in [6.07, 6.45) is 4.23. The molecule has 3 rings (SSSR count). The summed E-state index contributed by atoms with van der Waals surface area (Å²) in [4.78, 5) is 14.0. The Hall–Kier alpha value is -1.55. The maximum atomic E-state index is 13.6. The van der Waals surface area contributed by atoms with Crippen molar-refractivity contribution < 1.29 is 13.6 Å². The predicted molar refractivity (Wildman–Crippen MR) is 70.8 cm³/mol. The van der Waals surface area contributed by atoms with Crippen molar-refractivity contribution in [3.63, 3.8) is 0 Å². The first-order valence-corrected chi connectivity index (χ1v) is 7.08. The summed E-state index contributed by atoms with van der Waals surface area (Å²) in [6, 6.07) is 4.82. The Morgan fingerprint density at radius 2 is 1.89 bits per heavy atom. The van der Waals surface area contributed by atoms with Crippen LogP contribution < -0.4 is 0 Å². The lowest BCUT2D eigenvalue weighted by Gasteiger charge is -2.08. The van der Waals surface area contributed by atoms with E-state index in [1.54, 1.807) is 0 Å². The van der Waals surface area contributed by atoms with Gasteiger partial charge in [0.1, 0.15) is 11.6 Å². The molecule has 0 unspecified atom stereocenters. The Labute approximate surface area is 113 Å². The zero-order valence-corrected chi connectivity index (χ0v) is 11.0. The fourth-order valence-corrected chi connectivity index (χ4v) is 3.61. The summed E-state index contributed by atoms with van der Waals surface area (Å²) in [5, 5.41) is 0. The van der Waals surface area contributed by atoms with E-state index in [0.29, 0.717) is 4.88 Å². The van der Waals surface area contributed by atoms with Crippen LogP contribution >= 0.6 is 11.3 Å². The molecule has 1 aliphatic carbocycles. The molecule has 1 aromatic carbocycles. The van der Waals surface area contributed by atoms with Gasteiger partial charge in [0.25, 0.3) is 0 Å². The molecule has 1 heterocycles. The van der Waals surface area contributed by atoms with Gasteiger partial charge in [0, 0.05) is 4.88 Å². The Morgan fingerprint density at radius 1 is 1.11 bits per heavy atom. The highest BCUT2D eigenvalue weighted by Crippen LogP contribution is 2.31. The third-order valence-electron chi connectivity index (χ3n) is 3.39. The van der Waals surface area contributed by atoms with E-state index in [1.807, 2.05) is 6.07 Å². The van der Waals surface area contributed by atoms with Crippen molar-refractivity contribution in [3.05, 3.63) is 56.8 Å². The second-order valence-corrected chi connectivity index (χ2v) is 5.86. The first-order chi connectivity index (χ1) is 9.15. The van der Waals surface area contributed by atoms with E-state index in [4.69, 9.17) is 0 Å². The minimum Gasteiger partial charge on any atom is -0.288 e. The van der Waals surface area contributed by atoms with Crippen LogP contribution in [0.2, 0.25) is 0 Å². The van der Waals surface area contributed by atoms with Gasteiger partial charge in [-0.05, 0) is 55.5 Å². The standard InChI is InChI=1S/C15H12F2OS/c16-10-5-6-12(17)11(8-10)15(18)14-7-9-3-1-2-4-13(9)19-14/h5-8H,1-4H2. The number of carbonyl (C=O) groups is 1. The lowest BCUT2D eigenvalue weighted by Crippen LogP contribution is -2.02. The van der Waals surface area contributed by atoms with Crippen molar-refractivity contribution >= 4 is 17.1 Å². The SMILES string of the molecule is O=C(c1cc2c(s1)CCCC2)c1cc(F)ccc1F. The zero-order valence-electron chi connectivity index (χ0n) is 10.2. The van der Waals surface area contributed by atoms with Crippen LogP contribution in [0.15, 0.2) is 24.3 Å². The Morgan fingerprint density at radius 3 is 2.68 bits per heavy atom. The minimum atomic E-state index is -0.669. The third-order valence-corrected chi connectivity index (χ3v) is 4.63. The molecular weight excluding hydrogens is 266 g/mol. The molecule has 1 aliphatic rings. The Kier molecular flexibility index (Phi) is 3.19. The van der Waals surface area contributed by atoms with Crippen molar-refractivity contribution in [2.24, 2.45) is 0 Å². The Bertz CT molecular complexity index is 622. The quantitative estimate of drug-likeness (QED) is 0.755. The van der Waals surface area contributed by atoms with Crippen molar-refractivity contribution in [2.45, 2.75) is 25.7 Å². The lowest BCUT2D eigenvalue weighted by atomic mass is 9.98. The van der Waals surface area contributed by atoms with E-state index in [2.05, 4.69) is 0 Å². The number of hydrogen-bond acceptors (Lipinski definition) is 2. The minimum absolute atomic E-state index is 0.182. The van der Waals surface area contributed by atoms with Gasteiger partial charge in [-0.3, -0.25) is 4.79 Å². The molecule has 0 saturated carbocycles. The first kappa shape index (κ1) is 12.5. The van der Waals surface area contributed by atoms with Crippen LogP contribution in [-0.2, 0) is 12.8 Å². The van der Waals surface area contributed by atoms with Crippen LogP contribution in [-0.4, -0.2) is 5.78 Å². The fraction of sp³-hybridized carbons (Fsp3) is 0.267. The molecule has 0 spiro atoms. The van der Waals surface area contributed by atoms with Gasteiger partial charge < -0.3 is 0 Å². The number of carbonyl (C=O) groups excluding carboxylic acids is 1. The van der Waals surface area contributed by atoms with Gasteiger partial charge in [-0.15, -0.1) is 11.3 Å². The molecule has 19 heavy (non-hydrogen) atoms. The number of fused-ring (bicyclic) bond motifs is 1. The predicted octanol–water partition coefficient (Wildman–Crippen LogP) is 4.14. The number of thiophene rings is 1. The van der Waals surface area contributed by atoms with E-state index in [0.717, 1.165) is 43.9 Å². The Balaban J connectivity index is 1.99. The summed E-state index contributed by atoms with van der Waals surface area (Å²) in [5.74, 6) is -1.68.